The summed E-state index contributed by atoms with van der Waals surface area (Å²) in [5.74, 6) is -4.36. The third kappa shape index (κ3) is 28.2. The van der Waals surface area contributed by atoms with Crippen molar-refractivity contribution in [1.29, 1.82) is 0 Å². The number of hydrogen-bond donors (Lipinski definition) is 18. The van der Waals surface area contributed by atoms with E-state index in [1.165, 1.54) is 72.3 Å². The molecule has 9 rings (SSSR count). The van der Waals surface area contributed by atoms with Gasteiger partial charge in [-0.15, -0.1) is 0 Å². The number of alkyl halides is 3. The van der Waals surface area contributed by atoms with Crippen molar-refractivity contribution in [3.8, 4) is 5.75 Å². The Hall–Kier alpha value is -8.25. The minimum atomic E-state index is -4.44. The Morgan fingerprint density at radius 1 is 0.484 bits per heavy atom. The van der Waals surface area contributed by atoms with Gasteiger partial charge < -0.3 is 169 Å². The van der Waals surface area contributed by atoms with Crippen molar-refractivity contribution in [2.75, 3.05) is 61.0 Å². The van der Waals surface area contributed by atoms with Crippen LogP contribution < -0.4 is 31.3 Å². The van der Waals surface area contributed by atoms with E-state index in [1.54, 1.807) is 36.4 Å². The first-order chi connectivity index (χ1) is 61.0. The molecular formula is C83H120F3N7O35. The molecule has 45 heteroatoms. The largest absolute Gasteiger partial charge is 0.494 e. The number of aliphatic hydroxyl groups excluding tert-OH is 13. The van der Waals surface area contributed by atoms with Crippen LogP contribution in [0.25, 0.3) is 0 Å². The lowest BCUT2D eigenvalue weighted by molar-refractivity contribution is -0.368. The van der Waals surface area contributed by atoms with Crippen molar-refractivity contribution in [1.82, 2.24) is 26.6 Å². The maximum absolute atomic E-state index is 14.0. The molecule has 0 aromatic heterocycles. The van der Waals surface area contributed by atoms with E-state index in [1.807, 2.05) is 0 Å². The van der Waals surface area contributed by atoms with Crippen LogP contribution in [0.1, 0.15) is 126 Å². The maximum atomic E-state index is 14.0. The van der Waals surface area contributed by atoms with Gasteiger partial charge in [-0.3, -0.25) is 24.0 Å². The summed E-state index contributed by atoms with van der Waals surface area (Å²) in [6.07, 6.45) is -36.5. The molecule has 6 heterocycles. The Morgan fingerprint density at radius 2 is 0.969 bits per heavy atom. The lowest BCUT2D eigenvalue weighted by Gasteiger charge is -2.51. The summed E-state index contributed by atoms with van der Waals surface area (Å²) in [6.45, 7) is 5.01. The van der Waals surface area contributed by atoms with Gasteiger partial charge in [0, 0.05) is 51.5 Å². The Kier molecular flexibility index (Phi) is 41.4. The third-order valence-corrected chi connectivity index (χ3v) is 21.7. The molecule has 0 aliphatic carbocycles. The first kappa shape index (κ1) is 105. The quantitative estimate of drug-likeness (QED) is 0.00919. The molecule has 0 spiro atoms. The zero-order valence-electron chi connectivity index (χ0n) is 72.1. The Balaban J connectivity index is 0.000000589. The highest BCUT2D eigenvalue weighted by molar-refractivity contribution is 6.43. The van der Waals surface area contributed by atoms with Crippen molar-refractivity contribution in [2.45, 2.75) is 290 Å². The minimum absolute atomic E-state index is 0.0482. The molecule has 1 unspecified atom stereocenters. The molecule has 42 nitrogen and oxygen atoms in total. The number of amides is 5. The van der Waals surface area contributed by atoms with E-state index in [4.69, 9.17) is 76.0 Å². The van der Waals surface area contributed by atoms with E-state index in [9.17, 15) is 108 Å². The molecular weight excluding hydrogens is 1710 g/mol. The van der Waals surface area contributed by atoms with Crippen LogP contribution in [0.2, 0.25) is 0 Å². The second kappa shape index (κ2) is 50.4. The number of unbranched alkanes of at least 4 members (excludes halogenated alkanes) is 5. The molecule has 3 aromatic rings. The Morgan fingerprint density at radius 3 is 1.47 bits per heavy atom. The van der Waals surface area contributed by atoms with Crippen LogP contribution >= 0.6 is 0 Å². The molecule has 718 valence electrons. The first-order valence-corrected chi connectivity index (χ1v) is 41.6. The van der Waals surface area contributed by atoms with Crippen LogP contribution in [0.3, 0.4) is 0 Å². The monoisotopic (exact) mass is 1830 g/mol. The molecule has 0 bridgehead atoms. The average molecular weight is 1830 g/mol. The van der Waals surface area contributed by atoms with E-state index >= 15 is 0 Å². The van der Waals surface area contributed by atoms with Gasteiger partial charge >= 0.3 is 12.1 Å². The fraction of sp³-hybridized carbons (Fsp3) is 0.663. The van der Waals surface area contributed by atoms with Crippen LogP contribution in [0, 0.1) is 0 Å². The number of nitrogens with one attached hydrogen (secondary N) is 5. The van der Waals surface area contributed by atoms with Crippen molar-refractivity contribution >= 4 is 46.9 Å². The Labute approximate surface area is 735 Å². The van der Waals surface area contributed by atoms with E-state index in [0.29, 0.717) is 29.9 Å². The van der Waals surface area contributed by atoms with Crippen LogP contribution in [-0.2, 0) is 108 Å². The number of esters is 1. The average Bonchev–Trinajstić information content (AvgIpc) is 0.767. The summed E-state index contributed by atoms with van der Waals surface area (Å²) in [5.41, 5.74) is 0.771. The summed E-state index contributed by atoms with van der Waals surface area (Å²) >= 11 is 0. The van der Waals surface area contributed by atoms with Crippen LogP contribution in [-0.4, -0.2) is 358 Å². The van der Waals surface area contributed by atoms with Gasteiger partial charge in [0.1, 0.15) is 160 Å². The lowest BCUT2D eigenvalue weighted by Crippen LogP contribution is -2.72. The molecule has 5 amide bonds. The van der Waals surface area contributed by atoms with Crippen LogP contribution in [0.5, 0.6) is 5.75 Å². The summed E-state index contributed by atoms with van der Waals surface area (Å²) in [4.78, 5) is 87.1. The van der Waals surface area contributed by atoms with Gasteiger partial charge in [-0.2, -0.15) is 13.2 Å². The topological polar surface area (TPSA) is 598 Å². The van der Waals surface area contributed by atoms with Gasteiger partial charge in [0.25, 0.3) is 5.91 Å². The molecule has 3 aromatic carbocycles. The molecule has 6 aliphatic heterocycles. The van der Waals surface area contributed by atoms with Crippen molar-refractivity contribution in [3.63, 3.8) is 0 Å². The van der Waals surface area contributed by atoms with Crippen LogP contribution in [0.15, 0.2) is 95.3 Å². The molecule has 30 atom stereocenters. The number of nitrogens with zero attached hydrogens (tertiary/aromatic N) is 2. The number of hydrogen-bond acceptors (Lipinski definition) is 37. The SMILES string of the molecule is CCCCCC/C=C\CCCOc1cccc(C(=O)N[C@H]2[C@H](O[C@H]3[C@H](O)[C@@H](NC(C)=O)[C@H](O[C@H]4[C@H](O)[C@@H](NC(C)=O)[C@H](O[C@H]5[C@H](O)[C@@H](NC(C)=O)[C@H](O[C@H]6[C@H](O)[C@@H](NC(C)=O)C(O)O[C@@H]6CO[C@H]6O[C@@H](C)[C@@H](O)[C@@H](O)[C@@H]6OC)O[C@@H]5CO)O[C@@H]4CO)O[C@@H]3CO)O[C@H](CO)[C@@H](O)[C@@H]2O)c1.CO/N=C(/C(=O)OC)c1ccccc1CO/N=C(\C)c1cccc(C(F)(F)F)c1. The number of oxime groups is 2. The maximum Gasteiger partial charge on any atom is 0.416 e. The molecule has 6 aliphatic rings. The predicted molar refractivity (Wildman–Crippen MR) is 434 cm³/mol. The second-order valence-corrected chi connectivity index (χ2v) is 31.1. The standard InChI is InChI=1S/C63H101N5O31.C20H19F3N2O4/c1-8-9-10-11-12-13-14-15-16-20-88-33-19-17-18-32(21-33)57(85)68-40-46(79)45(78)34(22-69)92-59(40)96-52-35(23-70)93-60(41(48(52)81)65-29(4)74)97-53-36(24-71)94-61(42(49(53)82)66-30(5)75)98-54-37(25-72)95-62(43(50(54)83)67-31(6)76)99-55-38(91-58(86)39(47(55)80)64-28(3)73)26-89-63-56(87-7)51(84)44(77)27(2)90-63;1-13(14-8-6-9-16(11-14)20(21,22)23)24-29-12-15-7-4-5-10-17(15)18(25-28-3)19(26)27-2/h13-14,17-19,21,27,34-56,58-63,69-72,77-84,86H,8-12,15-16,20,22-26H2,1-7H3,(H,64,73)(H,65,74)(H,66,75)(H,67,76)(H,68,85);4-11H,12H2,1-3H3/b14-13-;24-13+,25-18+/t27-,34+,35+,36+,37+,38+,39+,40+,41+,42+,43+,44+,45+,46+,47+,48+,49+,50+,51+,52+,53+,54+,55+,56-,58?,59-,60-,61-,62-,63-;/m0./s1. The first-order valence-electron chi connectivity index (χ1n) is 41.6. The van der Waals surface area contributed by atoms with Crippen molar-refractivity contribution in [3.05, 3.63) is 113 Å². The highest BCUT2D eigenvalue weighted by Crippen LogP contribution is 2.38. The van der Waals surface area contributed by atoms with Gasteiger partial charge in [-0.05, 0) is 75.4 Å². The van der Waals surface area contributed by atoms with E-state index < -0.39 is 264 Å². The van der Waals surface area contributed by atoms with E-state index in [0.717, 1.165) is 65.5 Å². The molecule has 6 saturated heterocycles. The molecule has 0 radical (unpaired) electrons. The second-order valence-electron chi connectivity index (χ2n) is 31.1. The van der Waals surface area contributed by atoms with E-state index in [2.05, 4.69) is 56.0 Å². The number of allylic oxidation sites excluding steroid dienone is 2. The molecule has 0 saturated carbocycles. The van der Waals surface area contributed by atoms with Crippen LogP contribution in [0.4, 0.5) is 13.2 Å². The minimum Gasteiger partial charge on any atom is -0.494 e. The number of methoxy groups -OCH3 is 2. The zero-order chi connectivity index (χ0) is 94.0. The predicted octanol–water partition coefficient (Wildman–Crippen LogP) is -2.55. The van der Waals surface area contributed by atoms with E-state index in [-0.39, 0.29) is 29.2 Å². The fourth-order valence-corrected chi connectivity index (χ4v) is 15.1. The van der Waals surface area contributed by atoms with Crippen molar-refractivity contribution < 1.29 is 184 Å². The van der Waals surface area contributed by atoms with Crippen molar-refractivity contribution in [2.24, 2.45) is 10.3 Å². The zero-order valence-corrected chi connectivity index (χ0v) is 72.1. The summed E-state index contributed by atoms with van der Waals surface area (Å²) in [5, 5.41) is 166. The number of rotatable bonds is 39. The Bertz CT molecular complexity index is 4110. The molecule has 18 N–H and O–H groups in total. The van der Waals surface area contributed by atoms with Gasteiger partial charge in [0.15, 0.2) is 43.5 Å². The molecule has 6 fully saturated rings. The lowest BCUT2D eigenvalue weighted by atomic mass is 9.93. The number of ether oxygens (including phenoxy) is 14. The number of benzene rings is 3. The number of carbonyl (C=O) groups excluding carboxylic acids is 6. The summed E-state index contributed by atoms with van der Waals surface area (Å²) in [6, 6.07) is 9.09. The summed E-state index contributed by atoms with van der Waals surface area (Å²) in [7, 11) is 3.72. The van der Waals surface area contributed by atoms with Gasteiger partial charge in [-0.1, -0.05) is 91.1 Å². The highest BCUT2D eigenvalue weighted by Gasteiger charge is 2.59. The van der Waals surface area contributed by atoms with Gasteiger partial charge in [-0.25, -0.2) is 4.79 Å². The van der Waals surface area contributed by atoms with Gasteiger partial charge in [0.05, 0.1) is 64.1 Å². The summed E-state index contributed by atoms with van der Waals surface area (Å²) < 4.78 is 121. The molecule has 128 heavy (non-hydrogen) atoms. The third-order valence-electron chi connectivity index (χ3n) is 21.7. The smallest absolute Gasteiger partial charge is 0.416 e. The van der Waals surface area contributed by atoms with Gasteiger partial charge in [0.2, 0.25) is 23.6 Å². The normalized spacial score (nSPS) is 33.5. The number of halogens is 3. The highest BCUT2D eigenvalue weighted by atomic mass is 19.4. The number of carbonyl (C=O) groups is 6. The fourth-order valence-electron chi connectivity index (χ4n) is 15.1. The number of aliphatic hydroxyl groups is 13.